The zero-order valence-electron chi connectivity index (χ0n) is 14.9. The Morgan fingerprint density at radius 2 is 1.89 bits per heavy atom. The molecule has 7 nitrogen and oxygen atoms in total. The first-order valence-corrected chi connectivity index (χ1v) is 9.73. The van der Waals surface area contributed by atoms with E-state index in [-0.39, 0.29) is 17.7 Å². The van der Waals surface area contributed by atoms with Gasteiger partial charge in [-0.1, -0.05) is 41.7 Å². The first-order chi connectivity index (χ1) is 13.0. The van der Waals surface area contributed by atoms with Crippen molar-refractivity contribution in [2.45, 2.75) is 25.7 Å². The summed E-state index contributed by atoms with van der Waals surface area (Å²) in [6, 6.07) is 9.94. The van der Waals surface area contributed by atoms with Crippen molar-refractivity contribution in [1.29, 1.82) is 0 Å². The summed E-state index contributed by atoms with van der Waals surface area (Å²) in [5.41, 5.74) is 6.34. The van der Waals surface area contributed by atoms with Crippen LogP contribution < -0.4 is 11.1 Å². The van der Waals surface area contributed by atoms with E-state index in [1.807, 2.05) is 35.2 Å². The molecule has 0 spiro atoms. The SMILES string of the molecule is NC(=O)c1cnc(NC(=O)C2CCN(C(=O)CCc3ccccc3)CC2)s1. The molecule has 1 saturated heterocycles. The number of thiazole rings is 1. The van der Waals surface area contributed by atoms with Gasteiger partial charge in [0.25, 0.3) is 5.91 Å². The third-order valence-corrected chi connectivity index (χ3v) is 5.59. The maximum absolute atomic E-state index is 12.4. The molecule has 0 bridgehead atoms. The Balaban J connectivity index is 1.44. The minimum Gasteiger partial charge on any atom is -0.365 e. The average Bonchev–Trinajstić information content (AvgIpc) is 3.16. The van der Waals surface area contributed by atoms with Gasteiger partial charge in [-0.05, 0) is 24.8 Å². The normalized spacial score (nSPS) is 14.7. The average molecular weight is 386 g/mol. The van der Waals surface area contributed by atoms with Crippen molar-refractivity contribution in [1.82, 2.24) is 9.88 Å². The van der Waals surface area contributed by atoms with Crippen LogP contribution in [0.4, 0.5) is 5.13 Å². The second-order valence-electron chi connectivity index (χ2n) is 6.52. The van der Waals surface area contributed by atoms with Crippen LogP contribution in [0.15, 0.2) is 36.5 Å². The number of amides is 3. The standard InChI is InChI=1S/C19H22N4O3S/c20-17(25)15-12-21-19(27-15)22-18(26)14-8-10-23(11-9-14)16(24)7-6-13-4-2-1-3-5-13/h1-5,12,14H,6-11H2,(H2,20,25)(H,21,22,26). The zero-order chi connectivity index (χ0) is 19.2. The first-order valence-electron chi connectivity index (χ1n) is 8.91. The van der Waals surface area contributed by atoms with Crippen molar-refractivity contribution in [2.24, 2.45) is 11.7 Å². The number of likely N-dealkylation sites (tertiary alicyclic amines) is 1. The highest BCUT2D eigenvalue weighted by Gasteiger charge is 2.27. The van der Waals surface area contributed by atoms with Gasteiger partial charge in [0, 0.05) is 25.4 Å². The van der Waals surface area contributed by atoms with Gasteiger partial charge in [0.1, 0.15) is 4.88 Å². The van der Waals surface area contributed by atoms with Gasteiger partial charge in [0.2, 0.25) is 11.8 Å². The van der Waals surface area contributed by atoms with E-state index in [4.69, 9.17) is 5.73 Å². The molecule has 2 aromatic rings. The summed E-state index contributed by atoms with van der Waals surface area (Å²) < 4.78 is 0. The van der Waals surface area contributed by atoms with Crippen molar-refractivity contribution in [3.8, 4) is 0 Å². The highest BCUT2D eigenvalue weighted by Crippen LogP contribution is 2.22. The molecule has 0 unspecified atom stereocenters. The molecule has 0 aliphatic carbocycles. The quantitative estimate of drug-likeness (QED) is 0.792. The second kappa shape index (κ2) is 8.77. The van der Waals surface area contributed by atoms with E-state index >= 15 is 0 Å². The van der Waals surface area contributed by atoms with Gasteiger partial charge >= 0.3 is 0 Å². The van der Waals surface area contributed by atoms with E-state index in [1.54, 1.807) is 0 Å². The highest BCUT2D eigenvalue weighted by atomic mass is 32.1. The maximum atomic E-state index is 12.4. The van der Waals surface area contributed by atoms with E-state index < -0.39 is 5.91 Å². The summed E-state index contributed by atoms with van der Waals surface area (Å²) in [6.07, 6.45) is 3.81. The van der Waals surface area contributed by atoms with Crippen LogP contribution in [0.2, 0.25) is 0 Å². The Kier molecular flexibility index (Phi) is 6.18. The van der Waals surface area contributed by atoms with Gasteiger partial charge in [-0.3, -0.25) is 14.4 Å². The van der Waals surface area contributed by atoms with Crippen molar-refractivity contribution < 1.29 is 14.4 Å². The predicted octanol–water partition coefficient (Wildman–Crippen LogP) is 2.05. The Morgan fingerprint density at radius 1 is 1.19 bits per heavy atom. The first kappa shape index (κ1) is 19.0. The third kappa shape index (κ3) is 5.13. The molecule has 142 valence electrons. The lowest BCUT2D eigenvalue weighted by Crippen LogP contribution is -2.41. The summed E-state index contributed by atoms with van der Waals surface area (Å²) in [6.45, 7) is 1.16. The van der Waals surface area contributed by atoms with Crippen molar-refractivity contribution in [3.63, 3.8) is 0 Å². The number of primary amides is 1. The molecule has 3 N–H and O–H groups in total. The summed E-state index contributed by atoms with van der Waals surface area (Å²) in [4.78, 5) is 42.0. The zero-order valence-corrected chi connectivity index (χ0v) is 15.7. The fourth-order valence-corrected chi connectivity index (χ4v) is 3.77. The molecule has 0 saturated carbocycles. The molecule has 2 heterocycles. The molecule has 1 aromatic heterocycles. The van der Waals surface area contributed by atoms with E-state index in [1.165, 1.54) is 6.20 Å². The number of aromatic nitrogens is 1. The van der Waals surface area contributed by atoms with E-state index in [0.29, 0.717) is 42.4 Å². The third-order valence-electron chi connectivity index (χ3n) is 4.67. The fraction of sp³-hybridized carbons (Fsp3) is 0.368. The van der Waals surface area contributed by atoms with Gasteiger partial charge in [0.15, 0.2) is 5.13 Å². The fourth-order valence-electron chi connectivity index (χ4n) is 3.10. The number of rotatable bonds is 6. The number of nitrogens with one attached hydrogen (secondary N) is 1. The van der Waals surface area contributed by atoms with Crippen LogP contribution in [0.1, 0.15) is 34.5 Å². The van der Waals surface area contributed by atoms with Crippen LogP contribution in [0.3, 0.4) is 0 Å². The van der Waals surface area contributed by atoms with Crippen molar-refractivity contribution in [3.05, 3.63) is 47.0 Å². The van der Waals surface area contributed by atoms with Gasteiger partial charge in [-0.15, -0.1) is 0 Å². The van der Waals surface area contributed by atoms with E-state index in [2.05, 4.69) is 10.3 Å². The molecule has 8 heteroatoms. The largest absolute Gasteiger partial charge is 0.365 e. The smallest absolute Gasteiger partial charge is 0.260 e. The highest BCUT2D eigenvalue weighted by molar-refractivity contribution is 7.17. The summed E-state index contributed by atoms with van der Waals surface area (Å²) in [5, 5.41) is 3.11. The number of anilines is 1. The maximum Gasteiger partial charge on any atom is 0.260 e. The summed E-state index contributed by atoms with van der Waals surface area (Å²) in [7, 11) is 0. The lowest BCUT2D eigenvalue weighted by atomic mass is 9.95. The van der Waals surface area contributed by atoms with E-state index in [0.717, 1.165) is 23.3 Å². The minimum atomic E-state index is -0.560. The lowest BCUT2D eigenvalue weighted by Gasteiger charge is -2.31. The van der Waals surface area contributed by atoms with Crippen LogP contribution in [0.25, 0.3) is 0 Å². The molecule has 3 rings (SSSR count). The Labute approximate surface area is 161 Å². The number of nitrogens with two attached hydrogens (primary N) is 1. The molecule has 1 aliphatic heterocycles. The number of piperidine rings is 1. The monoisotopic (exact) mass is 386 g/mol. The number of carbonyl (C=O) groups is 3. The number of aryl methyl sites for hydroxylation is 1. The molecule has 0 radical (unpaired) electrons. The second-order valence-corrected chi connectivity index (χ2v) is 7.55. The number of benzene rings is 1. The Bertz CT molecular complexity index is 813. The molecular formula is C19H22N4O3S. The summed E-state index contributed by atoms with van der Waals surface area (Å²) in [5.74, 6) is -0.722. The lowest BCUT2D eigenvalue weighted by molar-refractivity contribution is -0.134. The number of hydrogen-bond acceptors (Lipinski definition) is 5. The molecule has 1 aliphatic rings. The van der Waals surface area contributed by atoms with Crippen LogP contribution in [-0.2, 0) is 16.0 Å². The van der Waals surface area contributed by atoms with Crippen LogP contribution in [-0.4, -0.2) is 40.7 Å². The molecule has 27 heavy (non-hydrogen) atoms. The topological polar surface area (TPSA) is 105 Å². The summed E-state index contributed by atoms with van der Waals surface area (Å²) >= 11 is 1.06. The van der Waals surface area contributed by atoms with Crippen LogP contribution in [0, 0.1) is 5.92 Å². The number of hydrogen-bond donors (Lipinski definition) is 2. The van der Waals surface area contributed by atoms with Crippen molar-refractivity contribution in [2.75, 3.05) is 18.4 Å². The molecule has 1 fully saturated rings. The predicted molar refractivity (Wildman–Crippen MR) is 103 cm³/mol. The molecular weight excluding hydrogens is 364 g/mol. The van der Waals surface area contributed by atoms with Gasteiger partial charge in [0.05, 0.1) is 6.20 Å². The van der Waals surface area contributed by atoms with Crippen LogP contribution in [0.5, 0.6) is 0 Å². The van der Waals surface area contributed by atoms with Gasteiger partial charge < -0.3 is 16.0 Å². The molecule has 3 amide bonds. The number of nitrogens with zero attached hydrogens (tertiary/aromatic N) is 2. The van der Waals surface area contributed by atoms with Gasteiger partial charge in [-0.2, -0.15) is 0 Å². The Morgan fingerprint density at radius 3 is 2.52 bits per heavy atom. The number of carbonyl (C=O) groups excluding carboxylic acids is 3. The van der Waals surface area contributed by atoms with Gasteiger partial charge in [-0.25, -0.2) is 4.98 Å². The minimum absolute atomic E-state index is 0.128. The van der Waals surface area contributed by atoms with Crippen LogP contribution >= 0.6 is 11.3 Å². The molecule has 0 atom stereocenters. The Hall–Kier alpha value is -2.74. The molecule has 1 aromatic carbocycles. The van der Waals surface area contributed by atoms with Crippen molar-refractivity contribution >= 4 is 34.2 Å². The van der Waals surface area contributed by atoms with E-state index in [9.17, 15) is 14.4 Å².